The van der Waals surface area contributed by atoms with Crippen molar-refractivity contribution < 1.29 is 4.79 Å². The molecule has 1 N–H and O–H groups in total. The van der Waals surface area contributed by atoms with Crippen LogP contribution in [0.4, 0.5) is 5.69 Å². The minimum Gasteiger partial charge on any atom is -0.326 e. The number of nitrogens with one attached hydrogen (secondary N) is 1. The van der Waals surface area contributed by atoms with Gasteiger partial charge in [-0.3, -0.25) is 4.79 Å². The van der Waals surface area contributed by atoms with Crippen LogP contribution in [0.2, 0.25) is 0 Å². The van der Waals surface area contributed by atoms with E-state index in [4.69, 9.17) is 0 Å². The fourth-order valence-corrected chi connectivity index (χ4v) is 4.64. The molecule has 0 saturated carbocycles. The summed E-state index contributed by atoms with van der Waals surface area (Å²) in [5, 5.41) is 3.99. The molecule has 0 spiro atoms. The molecule has 1 amide bonds. The lowest BCUT2D eigenvalue weighted by atomic mass is 10.2. The molecule has 7 heteroatoms. The number of carbonyl (C=O) groups is 1. The smallest absolute Gasteiger partial charge is 0.229 e. The molecule has 1 aromatic carbocycles. The number of fused-ring (bicyclic) bond motifs is 1. The van der Waals surface area contributed by atoms with Gasteiger partial charge < -0.3 is 5.32 Å². The Morgan fingerprint density at radius 1 is 1.27 bits per heavy atom. The van der Waals surface area contributed by atoms with Gasteiger partial charge in [-0.05, 0) is 38.3 Å². The Morgan fingerprint density at radius 3 is 2.82 bits per heavy atom. The second kappa shape index (κ2) is 6.36. The van der Waals surface area contributed by atoms with E-state index in [-0.39, 0.29) is 5.91 Å². The molecule has 4 nitrogen and oxygen atoms in total. The van der Waals surface area contributed by atoms with Crippen LogP contribution >= 0.6 is 34.4 Å². The molecule has 0 atom stereocenters. The van der Waals surface area contributed by atoms with Crippen LogP contribution in [0, 0.1) is 13.8 Å². The van der Waals surface area contributed by atoms with Gasteiger partial charge in [-0.15, -0.1) is 22.7 Å². The number of hydrogen-bond acceptors (Lipinski definition) is 6. The van der Waals surface area contributed by atoms with E-state index in [0.29, 0.717) is 6.42 Å². The Bertz CT molecular complexity index is 838. The number of amides is 1. The van der Waals surface area contributed by atoms with Crippen molar-refractivity contribution in [3.63, 3.8) is 0 Å². The van der Waals surface area contributed by atoms with Crippen LogP contribution in [0.15, 0.2) is 22.5 Å². The normalized spacial score (nSPS) is 11.0. The first-order valence-corrected chi connectivity index (χ1v) is 9.58. The average Bonchev–Trinajstić information content (AvgIpc) is 3.00. The number of nitrogens with zero attached hydrogens (tertiary/aromatic N) is 2. The summed E-state index contributed by atoms with van der Waals surface area (Å²) in [5.41, 5.74) is 2.73. The number of hydrogen-bond donors (Lipinski definition) is 1. The van der Waals surface area contributed by atoms with Crippen molar-refractivity contribution in [2.75, 3.05) is 11.6 Å². The molecular formula is C15H15N3OS3. The Balaban J connectivity index is 1.73. The zero-order valence-electron chi connectivity index (χ0n) is 12.5. The lowest BCUT2D eigenvalue weighted by Gasteiger charge is -2.04. The molecule has 0 aliphatic rings. The first-order chi connectivity index (χ1) is 10.5. The number of thiazole rings is 2. The van der Waals surface area contributed by atoms with Crippen molar-refractivity contribution >= 4 is 56.2 Å². The Hall–Kier alpha value is -1.44. The van der Waals surface area contributed by atoms with E-state index < -0.39 is 0 Å². The van der Waals surface area contributed by atoms with Gasteiger partial charge in [-0.25, -0.2) is 9.97 Å². The number of benzene rings is 1. The summed E-state index contributed by atoms with van der Waals surface area (Å²) in [6.07, 6.45) is 2.36. The summed E-state index contributed by atoms with van der Waals surface area (Å²) < 4.78 is 2.09. The van der Waals surface area contributed by atoms with Crippen LogP contribution in [-0.4, -0.2) is 22.1 Å². The lowest BCUT2D eigenvalue weighted by molar-refractivity contribution is -0.115. The molecule has 3 aromatic rings. The summed E-state index contributed by atoms with van der Waals surface area (Å²) in [5.74, 6) is -0.0139. The Kier molecular flexibility index (Phi) is 4.46. The number of carbonyl (C=O) groups excluding carboxylic acids is 1. The molecule has 0 unspecified atom stereocenters. The third-order valence-corrected chi connectivity index (χ3v) is 6.22. The molecule has 22 heavy (non-hydrogen) atoms. The van der Waals surface area contributed by atoms with Crippen LogP contribution in [0.5, 0.6) is 0 Å². The standard InChI is InChI=1S/C15H15N3OS3/c1-8-12(22-15(16-8)20-3)7-14(19)18-10-4-5-11-13(6-10)21-9(2)17-11/h4-6H,7H2,1-3H3,(H,18,19). The second-order valence-electron chi connectivity index (χ2n) is 4.83. The number of aryl methyl sites for hydroxylation is 2. The largest absolute Gasteiger partial charge is 0.326 e. The van der Waals surface area contributed by atoms with E-state index in [1.807, 2.05) is 38.3 Å². The fourth-order valence-electron chi connectivity index (χ4n) is 2.12. The lowest BCUT2D eigenvalue weighted by Crippen LogP contribution is -2.14. The van der Waals surface area contributed by atoms with E-state index in [1.54, 1.807) is 34.4 Å². The molecule has 0 aliphatic heterocycles. The molecule has 2 aromatic heterocycles. The highest BCUT2D eigenvalue weighted by atomic mass is 32.2. The summed E-state index contributed by atoms with van der Waals surface area (Å²) in [6.45, 7) is 3.93. The van der Waals surface area contributed by atoms with Crippen LogP contribution in [0.25, 0.3) is 10.2 Å². The zero-order chi connectivity index (χ0) is 15.7. The summed E-state index contributed by atoms with van der Waals surface area (Å²) in [4.78, 5) is 22.1. The van der Waals surface area contributed by atoms with E-state index in [2.05, 4.69) is 15.3 Å². The first-order valence-electron chi connectivity index (χ1n) is 6.72. The first kappa shape index (κ1) is 15.5. The van der Waals surface area contributed by atoms with Gasteiger partial charge in [0.2, 0.25) is 5.91 Å². The topological polar surface area (TPSA) is 54.9 Å². The highest BCUT2D eigenvalue weighted by Gasteiger charge is 2.12. The van der Waals surface area contributed by atoms with Gasteiger partial charge in [0, 0.05) is 10.6 Å². The van der Waals surface area contributed by atoms with E-state index in [1.165, 1.54) is 0 Å². The van der Waals surface area contributed by atoms with Gasteiger partial charge in [0.05, 0.1) is 27.3 Å². The number of anilines is 1. The molecule has 3 rings (SSSR count). The van der Waals surface area contributed by atoms with Crippen molar-refractivity contribution in [2.45, 2.75) is 24.6 Å². The van der Waals surface area contributed by atoms with Crippen molar-refractivity contribution in [1.29, 1.82) is 0 Å². The van der Waals surface area contributed by atoms with Crippen molar-refractivity contribution in [3.05, 3.63) is 33.8 Å². The molecular weight excluding hydrogens is 334 g/mol. The van der Waals surface area contributed by atoms with E-state index in [0.717, 1.165) is 35.8 Å². The molecule has 0 saturated heterocycles. The maximum Gasteiger partial charge on any atom is 0.229 e. The Morgan fingerprint density at radius 2 is 2.09 bits per heavy atom. The van der Waals surface area contributed by atoms with Crippen molar-refractivity contribution in [2.24, 2.45) is 0 Å². The second-order valence-corrected chi connectivity index (χ2v) is 8.20. The van der Waals surface area contributed by atoms with E-state index in [9.17, 15) is 4.79 Å². The highest BCUT2D eigenvalue weighted by Crippen LogP contribution is 2.27. The van der Waals surface area contributed by atoms with Gasteiger partial charge in [-0.1, -0.05) is 11.8 Å². The highest BCUT2D eigenvalue weighted by molar-refractivity contribution is 8.00. The maximum absolute atomic E-state index is 12.2. The number of rotatable bonds is 4. The predicted molar refractivity (Wildman–Crippen MR) is 95.3 cm³/mol. The quantitative estimate of drug-likeness (QED) is 0.715. The minimum absolute atomic E-state index is 0.0139. The molecule has 0 bridgehead atoms. The summed E-state index contributed by atoms with van der Waals surface area (Å²) in [7, 11) is 0. The van der Waals surface area contributed by atoms with Crippen molar-refractivity contribution in [3.8, 4) is 0 Å². The summed E-state index contributed by atoms with van der Waals surface area (Å²) >= 11 is 4.83. The van der Waals surface area contributed by atoms with Gasteiger partial charge >= 0.3 is 0 Å². The zero-order valence-corrected chi connectivity index (χ0v) is 14.9. The Labute approximate surface area is 141 Å². The van der Waals surface area contributed by atoms with Gasteiger partial charge in [0.25, 0.3) is 0 Å². The monoisotopic (exact) mass is 349 g/mol. The molecule has 0 aliphatic carbocycles. The fraction of sp³-hybridized carbons (Fsp3) is 0.267. The summed E-state index contributed by atoms with van der Waals surface area (Å²) in [6, 6.07) is 5.81. The van der Waals surface area contributed by atoms with Crippen LogP contribution in [0.3, 0.4) is 0 Å². The van der Waals surface area contributed by atoms with Crippen LogP contribution in [0.1, 0.15) is 15.6 Å². The molecule has 114 valence electrons. The SMILES string of the molecule is CSc1nc(C)c(CC(=O)Nc2ccc3nc(C)sc3c2)s1. The third kappa shape index (κ3) is 3.31. The van der Waals surface area contributed by atoms with Crippen molar-refractivity contribution in [1.82, 2.24) is 9.97 Å². The van der Waals surface area contributed by atoms with E-state index >= 15 is 0 Å². The van der Waals surface area contributed by atoms with Crippen LogP contribution < -0.4 is 5.32 Å². The average molecular weight is 350 g/mol. The number of aromatic nitrogens is 2. The molecule has 0 fully saturated rings. The molecule has 2 heterocycles. The predicted octanol–water partition coefficient (Wildman–Crippen LogP) is 4.27. The minimum atomic E-state index is -0.0139. The number of thioether (sulfide) groups is 1. The van der Waals surface area contributed by atoms with Crippen LogP contribution in [-0.2, 0) is 11.2 Å². The van der Waals surface area contributed by atoms with Gasteiger partial charge in [-0.2, -0.15) is 0 Å². The maximum atomic E-state index is 12.2. The third-order valence-electron chi connectivity index (χ3n) is 3.15. The van der Waals surface area contributed by atoms with Gasteiger partial charge in [0.15, 0.2) is 0 Å². The molecule has 0 radical (unpaired) electrons. The van der Waals surface area contributed by atoms with Gasteiger partial charge in [0.1, 0.15) is 4.34 Å².